The molecule has 5 nitrogen and oxygen atoms in total. The van der Waals surface area contributed by atoms with Crippen molar-refractivity contribution >= 4 is 11.8 Å². The molecule has 0 aromatic carbocycles. The summed E-state index contributed by atoms with van der Waals surface area (Å²) in [6.45, 7) is 5.24. The molecule has 1 heterocycles. The molecule has 0 unspecified atom stereocenters. The highest BCUT2D eigenvalue weighted by atomic mass is 16.5. The van der Waals surface area contributed by atoms with Crippen LogP contribution in [-0.4, -0.2) is 37.8 Å². The summed E-state index contributed by atoms with van der Waals surface area (Å²) in [5.41, 5.74) is 0. The number of carbonyl (C=O) groups excluding carboxylic acids is 1. The van der Waals surface area contributed by atoms with E-state index < -0.39 is 0 Å². The predicted octanol–water partition coefficient (Wildman–Crippen LogP) is 1.87. The van der Waals surface area contributed by atoms with Gasteiger partial charge in [0, 0.05) is 6.54 Å². The minimum absolute atomic E-state index is 0.223. The molecule has 0 radical (unpaired) electrons. The number of anilines is 1. The van der Waals surface area contributed by atoms with Gasteiger partial charge in [-0.3, -0.25) is 4.79 Å². The third kappa shape index (κ3) is 4.24. The van der Waals surface area contributed by atoms with Crippen molar-refractivity contribution in [3.05, 3.63) is 18.3 Å². The van der Waals surface area contributed by atoms with Crippen LogP contribution in [0, 0.1) is 0 Å². The molecule has 0 fully saturated rings. The van der Waals surface area contributed by atoms with Crippen LogP contribution < -0.4 is 9.64 Å². The van der Waals surface area contributed by atoms with Crippen LogP contribution >= 0.6 is 0 Å². The minimum atomic E-state index is -0.233. The molecule has 0 saturated heterocycles. The highest BCUT2D eigenvalue weighted by Crippen LogP contribution is 2.15. The van der Waals surface area contributed by atoms with Gasteiger partial charge in [0.1, 0.15) is 18.1 Å². The Morgan fingerprint density at radius 2 is 2.17 bits per heavy atom. The number of hydrogen-bond acceptors (Lipinski definition) is 5. The van der Waals surface area contributed by atoms with E-state index in [1.165, 1.54) is 0 Å². The third-order valence-corrected chi connectivity index (χ3v) is 2.40. The second-order valence-corrected chi connectivity index (χ2v) is 3.78. The summed E-state index contributed by atoms with van der Waals surface area (Å²) < 4.78 is 10.0. The van der Waals surface area contributed by atoms with Gasteiger partial charge in [-0.05, 0) is 25.5 Å². The summed E-state index contributed by atoms with van der Waals surface area (Å²) in [4.78, 5) is 17.7. The number of nitrogens with zero attached hydrogens (tertiary/aromatic N) is 2. The van der Waals surface area contributed by atoms with E-state index in [0.29, 0.717) is 12.4 Å². The lowest BCUT2D eigenvalue weighted by Gasteiger charge is -2.22. The van der Waals surface area contributed by atoms with E-state index >= 15 is 0 Å². The lowest BCUT2D eigenvalue weighted by atomic mass is 10.3. The van der Waals surface area contributed by atoms with E-state index in [1.807, 2.05) is 17.0 Å². The van der Waals surface area contributed by atoms with Crippen LogP contribution in [0.3, 0.4) is 0 Å². The molecule has 0 spiro atoms. The van der Waals surface area contributed by atoms with Crippen molar-refractivity contribution in [1.29, 1.82) is 0 Å². The SMILES string of the molecule is CCCN(CC(=O)OCC)c1ccc(OC)cn1. The Bertz CT molecular complexity index is 365. The molecule has 5 heteroatoms. The average molecular weight is 252 g/mol. The van der Waals surface area contributed by atoms with Crippen LogP contribution in [0.4, 0.5) is 5.82 Å². The summed E-state index contributed by atoms with van der Waals surface area (Å²) >= 11 is 0. The lowest BCUT2D eigenvalue weighted by Crippen LogP contribution is -2.32. The second kappa shape index (κ2) is 7.53. The van der Waals surface area contributed by atoms with Crippen molar-refractivity contribution in [1.82, 2.24) is 4.98 Å². The van der Waals surface area contributed by atoms with E-state index in [1.54, 1.807) is 20.2 Å². The van der Waals surface area contributed by atoms with Crippen molar-refractivity contribution in [2.75, 3.05) is 31.7 Å². The largest absolute Gasteiger partial charge is 0.495 e. The fourth-order valence-corrected chi connectivity index (χ4v) is 1.59. The fraction of sp³-hybridized carbons (Fsp3) is 0.538. The first-order chi connectivity index (χ1) is 8.71. The van der Waals surface area contributed by atoms with Crippen LogP contribution in [0.25, 0.3) is 0 Å². The van der Waals surface area contributed by atoms with Crippen molar-refractivity contribution in [2.45, 2.75) is 20.3 Å². The normalized spacial score (nSPS) is 9.94. The first-order valence-electron chi connectivity index (χ1n) is 6.11. The van der Waals surface area contributed by atoms with Gasteiger partial charge in [-0.2, -0.15) is 0 Å². The number of methoxy groups -OCH3 is 1. The molecular weight excluding hydrogens is 232 g/mol. The molecule has 0 aliphatic heterocycles. The molecule has 100 valence electrons. The third-order valence-electron chi connectivity index (χ3n) is 2.40. The van der Waals surface area contributed by atoms with Crippen molar-refractivity contribution < 1.29 is 14.3 Å². The molecule has 1 rings (SSSR count). The van der Waals surface area contributed by atoms with Crippen molar-refractivity contribution in [2.24, 2.45) is 0 Å². The van der Waals surface area contributed by atoms with Gasteiger partial charge in [0.2, 0.25) is 0 Å². The summed E-state index contributed by atoms with van der Waals surface area (Å²) in [6, 6.07) is 3.67. The zero-order valence-corrected chi connectivity index (χ0v) is 11.2. The highest BCUT2D eigenvalue weighted by Gasteiger charge is 2.12. The Morgan fingerprint density at radius 1 is 1.39 bits per heavy atom. The Balaban J connectivity index is 2.72. The van der Waals surface area contributed by atoms with Gasteiger partial charge in [0.15, 0.2) is 0 Å². The highest BCUT2D eigenvalue weighted by molar-refractivity contribution is 5.75. The monoisotopic (exact) mass is 252 g/mol. The number of pyridine rings is 1. The standard InChI is InChI=1S/C13H20N2O3/c1-4-8-15(10-13(16)18-5-2)12-7-6-11(17-3)9-14-12/h6-7,9H,4-5,8,10H2,1-3H3. The Hall–Kier alpha value is -1.78. The van der Waals surface area contributed by atoms with E-state index in [4.69, 9.17) is 9.47 Å². The number of rotatable bonds is 7. The predicted molar refractivity (Wildman–Crippen MR) is 69.9 cm³/mol. The molecule has 0 saturated carbocycles. The maximum Gasteiger partial charge on any atom is 0.325 e. The van der Waals surface area contributed by atoms with Crippen LogP contribution in [0.15, 0.2) is 18.3 Å². The van der Waals surface area contributed by atoms with E-state index in [9.17, 15) is 4.79 Å². The molecular formula is C13H20N2O3. The Labute approximate surface area is 108 Å². The zero-order chi connectivity index (χ0) is 13.4. The average Bonchev–Trinajstić information content (AvgIpc) is 2.39. The lowest BCUT2D eigenvalue weighted by molar-refractivity contribution is -0.141. The first-order valence-corrected chi connectivity index (χ1v) is 6.11. The van der Waals surface area contributed by atoms with Gasteiger partial charge >= 0.3 is 5.97 Å². The smallest absolute Gasteiger partial charge is 0.325 e. The van der Waals surface area contributed by atoms with Gasteiger partial charge in [0.25, 0.3) is 0 Å². The van der Waals surface area contributed by atoms with Gasteiger partial charge < -0.3 is 14.4 Å². The molecule has 1 aromatic heterocycles. The summed E-state index contributed by atoms with van der Waals surface area (Å²) in [5.74, 6) is 1.22. The summed E-state index contributed by atoms with van der Waals surface area (Å²) in [6.07, 6.45) is 2.58. The van der Waals surface area contributed by atoms with Crippen molar-refractivity contribution in [3.63, 3.8) is 0 Å². The van der Waals surface area contributed by atoms with Gasteiger partial charge in [0.05, 0.1) is 19.9 Å². The van der Waals surface area contributed by atoms with Crippen LogP contribution in [0.2, 0.25) is 0 Å². The molecule has 0 amide bonds. The molecule has 0 atom stereocenters. The molecule has 1 aromatic rings. The number of aromatic nitrogens is 1. The van der Waals surface area contributed by atoms with E-state index in [-0.39, 0.29) is 12.5 Å². The Morgan fingerprint density at radius 3 is 2.67 bits per heavy atom. The topological polar surface area (TPSA) is 51.7 Å². The van der Waals surface area contributed by atoms with Crippen LogP contribution in [0.5, 0.6) is 5.75 Å². The molecule has 0 aliphatic carbocycles. The number of esters is 1. The summed E-state index contributed by atoms with van der Waals surface area (Å²) in [5, 5.41) is 0. The van der Waals surface area contributed by atoms with Gasteiger partial charge in [-0.15, -0.1) is 0 Å². The van der Waals surface area contributed by atoms with Crippen LogP contribution in [-0.2, 0) is 9.53 Å². The number of ether oxygens (including phenoxy) is 2. The van der Waals surface area contributed by atoms with Gasteiger partial charge in [-0.25, -0.2) is 4.98 Å². The van der Waals surface area contributed by atoms with E-state index in [0.717, 1.165) is 18.8 Å². The summed E-state index contributed by atoms with van der Waals surface area (Å²) in [7, 11) is 1.60. The van der Waals surface area contributed by atoms with E-state index in [2.05, 4.69) is 11.9 Å². The molecule has 18 heavy (non-hydrogen) atoms. The molecule has 0 N–H and O–H groups in total. The fourth-order valence-electron chi connectivity index (χ4n) is 1.59. The van der Waals surface area contributed by atoms with Crippen molar-refractivity contribution in [3.8, 4) is 5.75 Å². The molecule has 0 bridgehead atoms. The second-order valence-electron chi connectivity index (χ2n) is 3.78. The quantitative estimate of drug-likeness (QED) is 0.693. The first kappa shape index (κ1) is 14.3. The maximum absolute atomic E-state index is 11.5. The number of hydrogen-bond donors (Lipinski definition) is 0. The maximum atomic E-state index is 11.5. The Kier molecular flexibility index (Phi) is 5.97. The minimum Gasteiger partial charge on any atom is -0.495 e. The zero-order valence-electron chi connectivity index (χ0n) is 11.2. The van der Waals surface area contributed by atoms with Gasteiger partial charge in [-0.1, -0.05) is 6.92 Å². The number of carbonyl (C=O) groups is 1. The van der Waals surface area contributed by atoms with Crippen LogP contribution in [0.1, 0.15) is 20.3 Å². The molecule has 0 aliphatic rings.